The molecule has 1 N–H and O–H groups in total. The summed E-state index contributed by atoms with van der Waals surface area (Å²) in [5.74, 6) is 3.40. The van der Waals surface area contributed by atoms with Gasteiger partial charge in [-0.2, -0.15) is 5.10 Å². The highest BCUT2D eigenvalue weighted by atomic mass is 15.3. The zero-order valence-corrected chi connectivity index (χ0v) is 13.3. The molecule has 0 amide bonds. The number of rotatable bonds is 7. The molecule has 114 valence electrons. The quantitative estimate of drug-likeness (QED) is 0.834. The van der Waals surface area contributed by atoms with Crippen molar-refractivity contribution in [1.82, 2.24) is 20.1 Å². The van der Waals surface area contributed by atoms with E-state index in [4.69, 9.17) is 0 Å². The van der Waals surface area contributed by atoms with Crippen molar-refractivity contribution in [2.24, 2.45) is 17.8 Å². The lowest BCUT2D eigenvalue weighted by molar-refractivity contribution is 0.224. The summed E-state index contributed by atoms with van der Waals surface area (Å²) in [4.78, 5) is 4.51. The van der Waals surface area contributed by atoms with E-state index in [-0.39, 0.29) is 0 Å². The lowest BCUT2D eigenvalue weighted by Gasteiger charge is -2.31. The van der Waals surface area contributed by atoms with Crippen molar-refractivity contribution in [2.45, 2.75) is 59.4 Å². The number of hydrogen-bond acceptors (Lipinski definition) is 3. The number of aromatic nitrogens is 3. The van der Waals surface area contributed by atoms with Gasteiger partial charge < -0.3 is 5.32 Å². The maximum absolute atomic E-state index is 4.51. The molecule has 2 atom stereocenters. The molecule has 0 saturated heterocycles. The maximum atomic E-state index is 4.51. The normalized spacial score (nSPS) is 23.4. The van der Waals surface area contributed by atoms with E-state index in [2.05, 4.69) is 40.9 Å². The Kier molecular flexibility index (Phi) is 6.02. The van der Waals surface area contributed by atoms with E-state index in [1.54, 1.807) is 6.33 Å². The fourth-order valence-corrected chi connectivity index (χ4v) is 3.33. The highest BCUT2D eigenvalue weighted by molar-refractivity contribution is 4.91. The second-order valence-corrected chi connectivity index (χ2v) is 6.57. The summed E-state index contributed by atoms with van der Waals surface area (Å²) in [6.07, 6.45) is 8.32. The van der Waals surface area contributed by atoms with Crippen molar-refractivity contribution in [2.75, 3.05) is 13.1 Å². The molecule has 1 heterocycles. The molecule has 1 saturated carbocycles. The standard InChI is InChI=1S/C16H30N4/c1-4-17-10-15-8-6-5-7-14(15)9-16-18-12-19-20(16)11-13(2)3/h12-15,17H,4-11H2,1-3H3. The summed E-state index contributed by atoms with van der Waals surface area (Å²) < 4.78 is 2.11. The minimum absolute atomic E-state index is 0.624. The van der Waals surface area contributed by atoms with Crippen LogP contribution in [0.25, 0.3) is 0 Å². The van der Waals surface area contributed by atoms with Crippen LogP contribution in [0.3, 0.4) is 0 Å². The predicted octanol–water partition coefficient (Wildman–Crippen LogP) is 2.89. The Morgan fingerprint density at radius 1 is 1.30 bits per heavy atom. The SMILES string of the molecule is CCNCC1CCCCC1Cc1ncnn1CC(C)C. The molecule has 20 heavy (non-hydrogen) atoms. The highest BCUT2D eigenvalue weighted by Gasteiger charge is 2.26. The van der Waals surface area contributed by atoms with Crippen molar-refractivity contribution in [3.8, 4) is 0 Å². The molecule has 0 aliphatic heterocycles. The van der Waals surface area contributed by atoms with E-state index in [1.165, 1.54) is 38.1 Å². The molecule has 4 heteroatoms. The molecule has 1 aromatic rings. The van der Waals surface area contributed by atoms with E-state index in [9.17, 15) is 0 Å². The molecule has 1 aliphatic rings. The molecular weight excluding hydrogens is 248 g/mol. The minimum atomic E-state index is 0.624. The Bertz CT molecular complexity index is 386. The van der Waals surface area contributed by atoms with Crippen LogP contribution in [-0.2, 0) is 13.0 Å². The van der Waals surface area contributed by atoms with Gasteiger partial charge >= 0.3 is 0 Å². The van der Waals surface area contributed by atoms with Crippen LogP contribution in [0, 0.1) is 17.8 Å². The third kappa shape index (κ3) is 4.30. The Morgan fingerprint density at radius 3 is 2.75 bits per heavy atom. The molecular formula is C16H30N4. The first-order valence-corrected chi connectivity index (χ1v) is 8.28. The number of nitrogens with one attached hydrogen (secondary N) is 1. The third-order valence-corrected chi connectivity index (χ3v) is 4.40. The minimum Gasteiger partial charge on any atom is -0.317 e. The zero-order chi connectivity index (χ0) is 14.4. The van der Waals surface area contributed by atoms with E-state index < -0.39 is 0 Å². The molecule has 1 aliphatic carbocycles. The molecule has 4 nitrogen and oxygen atoms in total. The van der Waals surface area contributed by atoms with Crippen molar-refractivity contribution in [3.05, 3.63) is 12.2 Å². The Balaban J connectivity index is 1.97. The summed E-state index contributed by atoms with van der Waals surface area (Å²) in [5, 5.41) is 7.93. The Morgan fingerprint density at radius 2 is 2.05 bits per heavy atom. The van der Waals surface area contributed by atoms with E-state index in [1.807, 2.05) is 0 Å². The molecule has 1 fully saturated rings. The Labute approximate surface area is 123 Å². The van der Waals surface area contributed by atoms with Gasteiger partial charge in [0, 0.05) is 13.0 Å². The maximum Gasteiger partial charge on any atom is 0.138 e. The van der Waals surface area contributed by atoms with Crippen LogP contribution >= 0.6 is 0 Å². The van der Waals surface area contributed by atoms with Crippen molar-refractivity contribution < 1.29 is 0 Å². The fourth-order valence-electron chi connectivity index (χ4n) is 3.33. The third-order valence-electron chi connectivity index (χ3n) is 4.40. The lowest BCUT2D eigenvalue weighted by Crippen LogP contribution is -2.32. The second-order valence-electron chi connectivity index (χ2n) is 6.57. The van der Waals surface area contributed by atoms with Gasteiger partial charge in [-0.1, -0.05) is 33.6 Å². The number of nitrogens with zero attached hydrogens (tertiary/aromatic N) is 3. The smallest absolute Gasteiger partial charge is 0.138 e. The van der Waals surface area contributed by atoms with Crippen LogP contribution in [0.1, 0.15) is 52.3 Å². The monoisotopic (exact) mass is 278 g/mol. The van der Waals surface area contributed by atoms with Crippen molar-refractivity contribution >= 4 is 0 Å². The summed E-state index contributed by atoms with van der Waals surface area (Å²) in [5.41, 5.74) is 0. The van der Waals surface area contributed by atoms with Gasteiger partial charge in [-0.15, -0.1) is 0 Å². The van der Waals surface area contributed by atoms with Crippen LogP contribution in [0.4, 0.5) is 0 Å². The summed E-state index contributed by atoms with van der Waals surface area (Å²) in [7, 11) is 0. The molecule has 1 aromatic heterocycles. The molecule has 0 aromatic carbocycles. The second kappa shape index (κ2) is 7.77. The van der Waals surface area contributed by atoms with Crippen LogP contribution < -0.4 is 5.32 Å². The van der Waals surface area contributed by atoms with Gasteiger partial charge in [0.1, 0.15) is 12.2 Å². The van der Waals surface area contributed by atoms with Gasteiger partial charge in [0.2, 0.25) is 0 Å². The average molecular weight is 278 g/mol. The number of hydrogen-bond donors (Lipinski definition) is 1. The average Bonchev–Trinajstić information content (AvgIpc) is 2.84. The summed E-state index contributed by atoms with van der Waals surface area (Å²) >= 11 is 0. The predicted molar refractivity (Wildman–Crippen MR) is 82.6 cm³/mol. The topological polar surface area (TPSA) is 42.7 Å². The first-order chi connectivity index (χ1) is 9.70. The molecule has 0 radical (unpaired) electrons. The highest BCUT2D eigenvalue weighted by Crippen LogP contribution is 2.31. The largest absolute Gasteiger partial charge is 0.317 e. The van der Waals surface area contributed by atoms with Gasteiger partial charge in [0.05, 0.1) is 0 Å². The van der Waals surface area contributed by atoms with Crippen LogP contribution in [-0.4, -0.2) is 27.9 Å². The Hall–Kier alpha value is -0.900. The molecule has 0 spiro atoms. The first-order valence-electron chi connectivity index (χ1n) is 8.28. The van der Waals surface area contributed by atoms with Crippen molar-refractivity contribution in [1.29, 1.82) is 0 Å². The van der Waals surface area contributed by atoms with E-state index in [0.29, 0.717) is 5.92 Å². The first kappa shape index (κ1) is 15.5. The summed E-state index contributed by atoms with van der Waals surface area (Å²) in [6.45, 7) is 9.89. The van der Waals surface area contributed by atoms with Gasteiger partial charge in [-0.05, 0) is 43.7 Å². The van der Waals surface area contributed by atoms with Crippen LogP contribution in [0.15, 0.2) is 6.33 Å². The van der Waals surface area contributed by atoms with Gasteiger partial charge in [-0.25, -0.2) is 9.67 Å². The van der Waals surface area contributed by atoms with E-state index >= 15 is 0 Å². The van der Waals surface area contributed by atoms with Gasteiger partial charge in [0.25, 0.3) is 0 Å². The zero-order valence-electron chi connectivity index (χ0n) is 13.3. The van der Waals surface area contributed by atoms with Crippen LogP contribution in [0.5, 0.6) is 0 Å². The molecule has 0 bridgehead atoms. The van der Waals surface area contributed by atoms with Gasteiger partial charge in [-0.3, -0.25) is 0 Å². The van der Waals surface area contributed by atoms with Gasteiger partial charge in [0.15, 0.2) is 0 Å². The molecule has 2 unspecified atom stereocenters. The fraction of sp³-hybridized carbons (Fsp3) is 0.875. The molecule has 2 rings (SSSR count). The van der Waals surface area contributed by atoms with E-state index in [0.717, 1.165) is 31.3 Å². The lowest BCUT2D eigenvalue weighted by atomic mass is 9.77. The van der Waals surface area contributed by atoms with Crippen LogP contribution in [0.2, 0.25) is 0 Å². The summed E-state index contributed by atoms with van der Waals surface area (Å²) in [6, 6.07) is 0. The van der Waals surface area contributed by atoms with Crippen molar-refractivity contribution in [3.63, 3.8) is 0 Å².